The van der Waals surface area contributed by atoms with Crippen LogP contribution >= 0.6 is 23.2 Å². The fourth-order valence-corrected chi connectivity index (χ4v) is 6.69. The van der Waals surface area contributed by atoms with Crippen LogP contribution in [0.5, 0.6) is 0 Å². The van der Waals surface area contributed by atoms with E-state index in [2.05, 4.69) is 10.3 Å². The van der Waals surface area contributed by atoms with Gasteiger partial charge in [-0.15, -0.1) is 0 Å². The second kappa shape index (κ2) is 11.8. The second-order valence-corrected chi connectivity index (χ2v) is 12.9. The van der Waals surface area contributed by atoms with E-state index in [1.54, 1.807) is 4.90 Å². The van der Waals surface area contributed by atoms with Crippen LogP contribution in [0.4, 0.5) is 13.2 Å². The molecule has 1 aromatic heterocycles. The van der Waals surface area contributed by atoms with Crippen molar-refractivity contribution in [2.75, 3.05) is 18.8 Å². The molecule has 2 N–H and O–H groups in total. The number of nitrogens with one attached hydrogen (secondary N) is 2. The zero-order chi connectivity index (χ0) is 30.3. The van der Waals surface area contributed by atoms with E-state index < -0.39 is 49.8 Å². The molecular weight excluding hydrogens is 608 g/mol. The van der Waals surface area contributed by atoms with Crippen molar-refractivity contribution in [1.82, 2.24) is 19.8 Å². The summed E-state index contributed by atoms with van der Waals surface area (Å²) in [5.41, 5.74) is -3.74. The number of nitrogens with zero attached hydrogens (tertiary/aromatic N) is 2. The van der Waals surface area contributed by atoms with Crippen LogP contribution in [0.25, 0.3) is 10.9 Å². The predicted molar refractivity (Wildman–Crippen MR) is 149 cm³/mol. The van der Waals surface area contributed by atoms with Gasteiger partial charge in [0.2, 0.25) is 5.91 Å². The van der Waals surface area contributed by atoms with Crippen LogP contribution < -0.4 is 16.6 Å². The molecule has 0 aliphatic carbocycles. The number of sulfone groups is 1. The van der Waals surface area contributed by atoms with E-state index in [1.807, 2.05) is 0 Å². The Morgan fingerprint density at radius 1 is 1.17 bits per heavy atom. The van der Waals surface area contributed by atoms with Crippen molar-refractivity contribution in [3.8, 4) is 0 Å². The van der Waals surface area contributed by atoms with Gasteiger partial charge in [0.1, 0.15) is 0 Å². The Kier molecular flexibility index (Phi) is 8.93. The maximum Gasteiger partial charge on any atom is 0.416 e. The molecule has 9 nitrogen and oxygen atoms in total. The largest absolute Gasteiger partial charge is 0.416 e. The number of hydrogen-bond donors (Lipinski definition) is 2. The quantitative estimate of drug-likeness (QED) is 0.406. The lowest BCUT2D eigenvalue weighted by Crippen LogP contribution is -2.46. The summed E-state index contributed by atoms with van der Waals surface area (Å²) in [6.07, 6.45) is -3.57. The number of halogens is 5. The molecule has 1 atom stereocenters. The number of benzene rings is 2. The highest BCUT2D eigenvalue weighted by molar-refractivity contribution is 7.91. The summed E-state index contributed by atoms with van der Waals surface area (Å²) in [7, 11) is -3.78. The van der Waals surface area contributed by atoms with Crippen LogP contribution in [-0.4, -0.2) is 53.7 Å². The number of hydrogen-bond acceptors (Lipinski definition) is 6. The number of aromatic nitrogens is 2. The lowest BCUT2D eigenvalue weighted by Gasteiger charge is -2.33. The van der Waals surface area contributed by atoms with Crippen molar-refractivity contribution < 1.29 is 26.4 Å². The first-order valence-electron chi connectivity index (χ1n) is 12.7. The Hall–Kier alpha value is -2.87. The molecule has 0 saturated carbocycles. The molecule has 0 bridgehead atoms. The average Bonchev–Trinajstić information content (AvgIpc) is 2.87. The molecule has 1 amide bonds. The number of carbonyl (C=O) groups is 1. The van der Waals surface area contributed by atoms with Crippen molar-refractivity contribution in [3.63, 3.8) is 0 Å². The number of amides is 1. The molecule has 0 spiro atoms. The van der Waals surface area contributed by atoms with Gasteiger partial charge in [-0.1, -0.05) is 30.1 Å². The van der Waals surface area contributed by atoms with E-state index in [1.165, 1.54) is 32.0 Å². The smallest absolute Gasteiger partial charge is 0.352 e. The molecule has 0 radical (unpaired) electrons. The highest BCUT2D eigenvalue weighted by Crippen LogP contribution is 2.39. The number of piperidine rings is 1. The fourth-order valence-electron chi connectivity index (χ4n) is 5.07. The molecule has 2 heterocycles. The lowest BCUT2D eigenvalue weighted by molar-refractivity contribution is -0.138. The highest BCUT2D eigenvalue weighted by Gasteiger charge is 2.37. The Morgan fingerprint density at radius 3 is 2.51 bits per heavy atom. The summed E-state index contributed by atoms with van der Waals surface area (Å²) < 4.78 is 68.7. The number of fused-ring (bicyclic) bond motifs is 1. The van der Waals surface area contributed by atoms with Gasteiger partial charge in [-0.25, -0.2) is 13.2 Å². The van der Waals surface area contributed by atoms with Gasteiger partial charge in [0, 0.05) is 31.1 Å². The minimum atomic E-state index is -4.89. The van der Waals surface area contributed by atoms with Gasteiger partial charge in [-0.2, -0.15) is 13.2 Å². The van der Waals surface area contributed by atoms with Crippen LogP contribution in [0.15, 0.2) is 38.8 Å². The number of carbonyl (C=O) groups excluding carboxylic acids is 1. The summed E-state index contributed by atoms with van der Waals surface area (Å²) in [6, 6.07) is 4.29. The first-order valence-corrected chi connectivity index (χ1v) is 15.1. The Morgan fingerprint density at radius 2 is 1.88 bits per heavy atom. The van der Waals surface area contributed by atoms with Crippen molar-refractivity contribution >= 4 is 49.8 Å². The van der Waals surface area contributed by atoms with Gasteiger partial charge in [-0.05, 0) is 54.8 Å². The number of likely N-dealkylation sites (tertiary alicyclic amines) is 1. The van der Waals surface area contributed by atoms with E-state index in [9.17, 15) is 36.0 Å². The Labute approximate surface area is 243 Å². The van der Waals surface area contributed by atoms with Crippen molar-refractivity contribution in [2.24, 2.45) is 0 Å². The molecule has 3 aromatic rings. The fraction of sp³-hybridized carbons (Fsp3) is 0.423. The minimum absolute atomic E-state index is 0.0314. The zero-order valence-electron chi connectivity index (χ0n) is 22.1. The van der Waals surface area contributed by atoms with Crippen molar-refractivity contribution in [3.05, 3.63) is 71.8 Å². The Bertz CT molecular complexity index is 1740. The molecule has 1 fully saturated rings. The average molecular weight is 635 g/mol. The van der Waals surface area contributed by atoms with Crippen LogP contribution in [0.3, 0.4) is 0 Å². The summed E-state index contributed by atoms with van der Waals surface area (Å²) in [4.78, 5) is 41.9. The molecule has 222 valence electrons. The first kappa shape index (κ1) is 31.1. The number of aromatic amines is 1. The van der Waals surface area contributed by atoms with E-state index >= 15 is 0 Å². The molecule has 4 rings (SSSR count). The molecule has 15 heteroatoms. The predicted octanol–water partition coefficient (Wildman–Crippen LogP) is 3.96. The third kappa shape index (κ3) is 6.63. The molecule has 1 aliphatic heterocycles. The van der Waals surface area contributed by atoms with E-state index in [0.29, 0.717) is 36.6 Å². The summed E-state index contributed by atoms with van der Waals surface area (Å²) in [5.74, 6) is -0.511. The van der Waals surface area contributed by atoms with Crippen LogP contribution in [0.1, 0.15) is 43.4 Å². The molecule has 1 saturated heterocycles. The standard InChI is InChI=1S/C26H27Cl2F3N4O5S/c1-3-41(39,40)21-7-6-16(27)9-15(21)11-35-24(37)18-10-20(26(29,30)31)19(22(28)23(18)33-25(35)38)13-34-8-4-5-17(12-34)32-14(2)36/h6-7,9-10,17H,3-5,8,11-13H2,1-2H3,(H,32,36)(H,33,38)/t17-/m0/s1. The SMILES string of the molecule is CCS(=O)(=O)c1ccc(Cl)cc1Cn1c(=O)[nH]c2c(Cl)c(CN3CCC[C@H](NC(C)=O)C3)c(C(F)(F)F)cc2c1=O. The van der Waals surface area contributed by atoms with Crippen LogP contribution in [0, 0.1) is 0 Å². The number of rotatable bonds is 7. The monoisotopic (exact) mass is 634 g/mol. The molecular formula is C26H27Cl2F3N4O5S. The highest BCUT2D eigenvalue weighted by atomic mass is 35.5. The van der Waals surface area contributed by atoms with Crippen molar-refractivity contribution in [1.29, 1.82) is 0 Å². The molecule has 2 aromatic carbocycles. The van der Waals surface area contributed by atoms with Gasteiger partial charge >= 0.3 is 11.9 Å². The molecule has 1 aliphatic rings. The zero-order valence-corrected chi connectivity index (χ0v) is 24.4. The Balaban J connectivity index is 1.84. The number of alkyl halides is 3. The molecule has 41 heavy (non-hydrogen) atoms. The topological polar surface area (TPSA) is 121 Å². The van der Waals surface area contributed by atoms with Gasteiger partial charge in [0.15, 0.2) is 9.84 Å². The summed E-state index contributed by atoms with van der Waals surface area (Å²) in [5, 5.41) is 2.01. The first-order chi connectivity index (χ1) is 19.1. The lowest BCUT2D eigenvalue weighted by atomic mass is 10.0. The maximum atomic E-state index is 14.3. The van der Waals surface area contributed by atoms with E-state index in [-0.39, 0.29) is 50.8 Å². The molecule has 0 unspecified atom stereocenters. The van der Waals surface area contributed by atoms with Gasteiger partial charge in [-0.3, -0.25) is 19.1 Å². The van der Waals surface area contributed by atoms with Gasteiger partial charge in [0.25, 0.3) is 5.56 Å². The second-order valence-electron chi connectivity index (χ2n) is 9.89. The normalized spacial score (nSPS) is 16.7. The van der Waals surface area contributed by atoms with E-state index in [0.717, 1.165) is 0 Å². The van der Waals surface area contributed by atoms with Gasteiger partial charge < -0.3 is 10.3 Å². The van der Waals surface area contributed by atoms with Gasteiger partial charge in [0.05, 0.1) is 38.7 Å². The van der Waals surface area contributed by atoms with Crippen LogP contribution in [-0.2, 0) is 33.9 Å². The van der Waals surface area contributed by atoms with E-state index in [4.69, 9.17) is 23.2 Å². The minimum Gasteiger partial charge on any atom is -0.352 e. The maximum absolute atomic E-state index is 14.3. The number of H-pyrrole nitrogens is 1. The summed E-state index contributed by atoms with van der Waals surface area (Å²) >= 11 is 12.5. The van der Waals surface area contributed by atoms with Crippen LogP contribution in [0.2, 0.25) is 10.0 Å². The summed E-state index contributed by atoms with van der Waals surface area (Å²) in [6.45, 7) is 2.75. The third-order valence-electron chi connectivity index (χ3n) is 6.99. The third-order valence-corrected chi connectivity index (χ3v) is 9.47. The van der Waals surface area contributed by atoms with Crippen molar-refractivity contribution in [2.45, 2.75) is 56.9 Å².